The van der Waals surface area contributed by atoms with Crippen molar-refractivity contribution in [2.75, 3.05) is 0 Å². The van der Waals surface area contributed by atoms with Crippen molar-refractivity contribution in [2.24, 2.45) is 5.92 Å². The van der Waals surface area contributed by atoms with Crippen LogP contribution < -0.4 is 4.74 Å². The molecule has 1 aromatic carbocycles. The molecular formula is C19H20N2OS. The van der Waals surface area contributed by atoms with E-state index in [-0.39, 0.29) is 0 Å². The molecule has 4 rings (SSSR count). The van der Waals surface area contributed by atoms with E-state index in [4.69, 9.17) is 4.74 Å². The first-order valence-electron chi connectivity index (χ1n) is 8.12. The fourth-order valence-corrected chi connectivity index (χ4v) is 4.55. The van der Waals surface area contributed by atoms with Gasteiger partial charge in [0.1, 0.15) is 16.9 Å². The van der Waals surface area contributed by atoms with Gasteiger partial charge in [0, 0.05) is 4.88 Å². The van der Waals surface area contributed by atoms with Crippen molar-refractivity contribution >= 4 is 21.6 Å². The van der Waals surface area contributed by atoms with Crippen molar-refractivity contribution in [3.63, 3.8) is 0 Å². The van der Waals surface area contributed by atoms with Gasteiger partial charge in [-0.1, -0.05) is 13.0 Å². The molecule has 1 atom stereocenters. The van der Waals surface area contributed by atoms with Crippen LogP contribution in [0.15, 0.2) is 24.5 Å². The number of hydrogen-bond donors (Lipinski definition) is 0. The third-order valence-electron chi connectivity index (χ3n) is 4.75. The standard InChI is InChI=1S/C19H20N2OS/c1-11-4-7-15-16(8-11)23-19-17(15)18(20-10-21-19)22-14-6-5-12(2)13(3)9-14/h5-6,9-11H,4,7-8H2,1-3H3/t11-/m0/s1. The smallest absolute Gasteiger partial charge is 0.231 e. The highest BCUT2D eigenvalue weighted by atomic mass is 32.1. The van der Waals surface area contributed by atoms with Gasteiger partial charge in [0.2, 0.25) is 5.88 Å². The molecule has 0 N–H and O–H groups in total. The Balaban J connectivity index is 1.79. The summed E-state index contributed by atoms with van der Waals surface area (Å²) in [7, 11) is 0. The van der Waals surface area contributed by atoms with Crippen molar-refractivity contribution < 1.29 is 4.74 Å². The lowest BCUT2D eigenvalue weighted by Crippen LogP contribution is -2.08. The summed E-state index contributed by atoms with van der Waals surface area (Å²) in [6.07, 6.45) is 5.10. The van der Waals surface area contributed by atoms with E-state index < -0.39 is 0 Å². The molecule has 3 nitrogen and oxygen atoms in total. The predicted molar refractivity (Wildman–Crippen MR) is 94.6 cm³/mol. The lowest BCUT2D eigenvalue weighted by molar-refractivity contribution is 0.466. The van der Waals surface area contributed by atoms with Crippen molar-refractivity contribution in [2.45, 2.75) is 40.0 Å². The van der Waals surface area contributed by atoms with Crippen LogP contribution in [0.5, 0.6) is 11.6 Å². The fraction of sp³-hybridized carbons (Fsp3) is 0.368. The van der Waals surface area contributed by atoms with E-state index in [1.54, 1.807) is 17.7 Å². The Kier molecular flexibility index (Phi) is 3.57. The molecule has 0 unspecified atom stereocenters. The highest BCUT2D eigenvalue weighted by molar-refractivity contribution is 7.18. The van der Waals surface area contributed by atoms with Crippen LogP contribution in [0.3, 0.4) is 0 Å². The van der Waals surface area contributed by atoms with Gasteiger partial charge in [-0.05, 0) is 67.9 Å². The largest absolute Gasteiger partial charge is 0.438 e. The summed E-state index contributed by atoms with van der Waals surface area (Å²) in [5.74, 6) is 2.30. The van der Waals surface area contributed by atoms with Gasteiger partial charge >= 0.3 is 0 Å². The summed E-state index contributed by atoms with van der Waals surface area (Å²) in [5, 5.41) is 1.12. The minimum absolute atomic E-state index is 0.699. The van der Waals surface area contributed by atoms with Crippen LogP contribution in [0, 0.1) is 19.8 Å². The topological polar surface area (TPSA) is 35.0 Å². The number of nitrogens with zero attached hydrogens (tertiary/aromatic N) is 2. The third kappa shape index (κ3) is 2.61. The lowest BCUT2D eigenvalue weighted by Gasteiger charge is -2.18. The molecule has 0 radical (unpaired) electrons. The zero-order valence-corrected chi connectivity index (χ0v) is 14.5. The molecule has 0 bridgehead atoms. The third-order valence-corrected chi connectivity index (χ3v) is 5.91. The Hall–Kier alpha value is -1.94. The van der Waals surface area contributed by atoms with E-state index in [0.717, 1.165) is 34.7 Å². The molecule has 1 aliphatic carbocycles. The van der Waals surface area contributed by atoms with E-state index in [1.165, 1.54) is 28.0 Å². The second-order valence-corrected chi connectivity index (χ2v) is 7.64. The summed E-state index contributed by atoms with van der Waals surface area (Å²) in [5.41, 5.74) is 3.91. The van der Waals surface area contributed by atoms with Gasteiger partial charge in [-0.15, -0.1) is 11.3 Å². The maximum absolute atomic E-state index is 6.13. The van der Waals surface area contributed by atoms with Gasteiger partial charge < -0.3 is 4.74 Å². The van der Waals surface area contributed by atoms with Crippen LogP contribution in [-0.4, -0.2) is 9.97 Å². The normalized spacial score (nSPS) is 17.3. The van der Waals surface area contributed by atoms with Crippen LogP contribution in [0.1, 0.15) is 34.9 Å². The summed E-state index contributed by atoms with van der Waals surface area (Å²) in [6, 6.07) is 6.18. The van der Waals surface area contributed by atoms with Crippen LogP contribution in [-0.2, 0) is 12.8 Å². The molecule has 2 aromatic heterocycles. The SMILES string of the molecule is Cc1ccc(Oc2ncnc3sc4c(c23)CC[C@H](C)C4)cc1C. The molecule has 0 aliphatic heterocycles. The van der Waals surface area contributed by atoms with Crippen molar-refractivity contribution in [1.29, 1.82) is 0 Å². The molecule has 1 aliphatic rings. The molecule has 23 heavy (non-hydrogen) atoms. The molecule has 0 spiro atoms. The first-order chi connectivity index (χ1) is 11.1. The van der Waals surface area contributed by atoms with Gasteiger partial charge in [-0.3, -0.25) is 0 Å². The minimum Gasteiger partial charge on any atom is -0.438 e. The van der Waals surface area contributed by atoms with E-state index in [1.807, 2.05) is 6.07 Å². The zero-order chi connectivity index (χ0) is 16.0. The number of aromatic nitrogens is 2. The highest BCUT2D eigenvalue weighted by Gasteiger charge is 2.23. The van der Waals surface area contributed by atoms with Crippen LogP contribution in [0.25, 0.3) is 10.2 Å². The Bertz CT molecular complexity index is 884. The first kappa shape index (κ1) is 14.6. The molecular weight excluding hydrogens is 304 g/mol. The number of fused-ring (bicyclic) bond motifs is 3. The molecule has 2 heterocycles. The Morgan fingerprint density at radius 2 is 2.04 bits per heavy atom. The number of hydrogen-bond acceptors (Lipinski definition) is 4. The van der Waals surface area contributed by atoms with Gasteiger partial charge in [0.15, 0.2) is 0 Å². The molecule has 0 saturated heterocycles. The molecule has 118 valence electrons. The average Bonchev–Trinajstić information content (AvgIpc) is 2.89. The molecule has 4 heteroatoms. The maximum atomic E-state index is 6.13. The number of benzene rings is 1. The maximum Gasteiger partial charge on any atom is 0.231 e. The van der Waals surface area contributed by atoms with Crippen LogP contribution in [0.4, 0.5) is 0 Å². The quantitative estimate of drug-likeness (QED) is 0.648. The number of ether oxygens (including phenoxy) is 1. The Morgan fingerprint density at radius 3 is 2.87 bits per heavy atom. The first-order valence-corrected chi connectivity index (χ1v) is 8.94. The molecule has 0 fully saturated rings. The van der Waals surface area contributed by atoms with Gasteiger partial charge in [-0.25, -0.2) is 9.97 Å². The van der Waals surface area contributed by atoms with Crippen LogP contribution >= 0.6 is 11.3 Å². The second kappa shape index (κ2) is 5.60. The number of rotatable bonds is 2. The summed E-state index contributed by atoms with van der Waals surface area (Å²) in [4.78, 5) is 11.4. The molecule has 3 aromatic rings. The van der Waals surface area contributed by atoms with Gasteiger partial charge in [-0.2, -0.15) is 0 Å². The predicted octanol–water partition coefficient (Wildman–Crippen LogP) is 5.23. The van der Waals surface area contributed by atoms with Crippen molar-refractivity contribution in [3.05, 3.63) is 46.1 Å². The van der Waals surface area contributed by atoms with E-state index in [0.29, 0.717) is 5.88 Å². The monoisotopic (exact) mass is 324 g/mol. The average molecular weight is 324 g/mol. The summed E-state index contributed by atoms with van der Waals surface area (Å²) >= 11 is 1.80. The zero-order valence-electron chi connectivity index (χ0n) is 13.7. The fourth-order valence-electron chi connectivity index (χ4n) is 3.21. The van der Waals surface area contributed by atoms with E-state index in [2.05, 4.69) is 42.9 Å². The van der Waals surface area contributed by atoms with Crippen LogP contribution in [0.2, 0.25) is 0 Å². The Morgan fingerprint density at radius 1 is 1.17 bits per heavy atom. The number of aryl methyl sites for hydroxylation is 3. The highest BCUT2D eigenvalue weighted by Crippen LogP contribution is 2.41. The summed E-state index contributed by atoms with van der Waals surface area (Å²) < 4.78 is 6.13. The molecule has 0 amide bonds. The number of thiophene rings is 1. The Labute approximate surface area is 140 Å². The lowest BCUT2D eigenvalue weighted by atomic mass is 9.89. The van der Waals surface area contributed by atoms with Gasteiger partial charge in [0.25, 0.3) is 0 Å². The minimum atomic E-state index is 0.699. The van der Waals surface area contributed by atoms with Gasteiger partial charge in [0.05, 0.1) is 5.39 Å². The van der Waals surface area contributed by atoms with E-state index in [9.17, 15) is 0 Å². The van der Waals surface area contributed by atoms with E-state index >= 15 is 0 Å². The summed E-state index contributed by atoms with van der Waals surface area (Å²) in [6.45, 7) is 6.54. The molecule has 0 saturated carbocycles. The second-order valence-electron chi connectivity index (χ2n) is 6.56. The van der Waals surface area contributed by atoms with Crippen molar-refractivity contribution in [1.82, 2.24) is 9.97 Å². The van der Waals surface area contributed by atoms with Crippen molar-refractivity contribution in [3.8, 4) is 11.6 Å².